The van der Waals surface area contributed by atoms with Crippen LogP contribution in [-0.2, 0) is 14.4 Å². The lowest BCUT2D eigenvalue weighted by atomic mass is 9.93. The second-order valence-corrected chi connectivity index (χ2v) is 10.1. The molecule has 0 bridgehead atoms. The van der Waals surface area contributed by atoms with Gasteiger partial charge in [0.25, 0.3) is 0 Å². The molecule has 0 heterocycles. The summed E-state index contributed by atoms with van der Waals surface area (Å²) in [6.07, 6.45) is 19.8. The van der Waals surface area contributed by atoms with E-state index in [4.69, 9.17) is 0 Å². The van der Waals surface area contributed by atoms with Crippen molar-refractivity contribution in [2.24, 2.45) is 0 Å². The first-order valence-electron chi connectivity index (χ1n) is 14.4. The molecule has 36 heavy (non-hydrogen) atoms. The highest BCUT2D eigenvalue weighted by Gasteiger charge is 2.55. The molecule has 3 atom stereocenters. The monoisotopic (exact) mass is 512 g/mol. The Kier molecular flexibility index (Phi) is 19.1. The second kappa shape index (κ2) is 20.2. The van der Waals surface area contributed by atoms with Crippen molar-refractivity contribution in [1.82, 2.24) is 0 Å². The molecule has 0 rings (SSSR count). The van der Waals surface area contributed by atoms with Crippen molar-refractivity contribution in [2.75, 3.05) is 6.54 Å². The minimum absolute atomic E-state index is 0.193. The number of hydrogen-bond acceptors (Lipinski definition) is 3. The summed E-state index contributed by atoms with van der Waals surface area (Å²) in [5.74, 6) is -3.35. The van der Waals surface area contributed by atoms with Crippen molar-refractivity contribution < 1.29 is 34.2 Å². The third kappa shape index (κ3) is 11.4. The molecule has 0 saturated heterocycles. The Balaban J connectivity index is 4.83. The quantitative estimate of drug-likeness (QED) is 0.0726. The van der Waals surface area contributed by atoms with Crippen LogP contribution in [0.3, 0.4) is 0 Å². The van der Waals surface area contributed by atoms with Crippen LogP contribution >= 0.6 is 0 Å². The fraction of sp³-hybridized carbons (Fsp3) is 0.828. The third-order valence-electron chi connectivity index (χ3n) is 7.57. The minimum Gasteiger partial charge on any atom is -0.477 e. The first-order chi connectivity index (χ1) is 17.2. The predicted molar refractivity (Wildman–Crippen MR) is 145 cm³/mol. The average molecular weight is 513 g/mol. The molecule has 3 N–H and O–H groups in total. The maximum atomic E-state index is 12.2. The summed E-state index contributed by atoms with van der Waals surface area (Å²) in [5.41, 5.74) is 0. The second-order valence-electron chi connectivity index (χ2n) is 10.1. The standard InChI is InChI=1S/C29H53NO6/c1-5-9-10-11-12-13-14-15-16-17-18-19-20-21-22-23-30(24(6-2)27(31)32,25(7-3)28(33)34)26(8-4)29(35)36/h9-10,24-26H,5-8,11-23H2,1-4H3,(H2-,31,32,33,34,35,36)/p+1/b10-9+. The lowest BCUT2D eigenvalue weighted by Crippen LogP contribution is -2.72. The van der Waals surface area contributed by atoms with Crippen molar-refractivity contribution in [1.29, 1.82) is 0 Å². The van der Waals surface area contributed by atoms with Gasteiger partial charge in [0.2, 0.25) is 0 Å². The van der Waals surface area contributed by atoms with Gasteiger partial charge >= 0.3 is 17.9 Å². The zero-order valence-corrected chi connectivity index (χ0v) is 23.4. The van der Waals surface area contributed by atoms with E-state index < -0.39 is 40.5 Å². The van der Waals surface area contributed by atoms with Gasteiger partial charge in [-0.1, -0.05) is 91.2 Å². The largest absolute Gasteiger partial charge is 0.477 e. The molecule has 0 aliphatic rings. The van der Waals surface area contributed by atoms with E-state index in [-0.39, 0.29) is 25.8 Å². The molecule has 0 aromatic heterocycles. The SMILES string of the molecule is CC/C=C/CCCCCCCCCCCCC[N+](C(CC)C(=O)O)(C(CC)C(=O)O)C(CC)C(=O)O. The van der Waals surface area contributed by atoms with Gasteiger partial charge in [0.15, 0.2) is 18.1 Å². The van der Waals surface area contributed by atoms with E-state index >= 15 is 0 Å². The number of carbonyl (C=O) groups is 3. The molecule has 210 valence electrons. The number of nitrogens with zero attached hydrogens (tertiary/aromatic N) is 1. The number of quaternary nitrogens is 1. The van der Waals surface area contributed by atoms with Crippen LogP contribution < -0.4 is 0 Å². The highest BCUT2D eigenvalue weighted by Crippen LogP contribution is 2.32. The van der Waals surface area contributed by atoms with Gasteiger partial charge in [-0.25, -0.2) is 14.4 Å². The molecule has 0 saturated carbocycles. The zero-order chi connectivity index (χ0) is 27.4. The van der Waals surface area contributed by atoms with E-state index in [0.29, 0.717) is 6.42 Å². The van der Waals surface area contributed by atoms with Gasteiger partial charge in [0, 0.05) is 19.3 Å². The van der Waals surface area contributed by atoms with Crippen LogP contribution in [0.1, 0.15) is 130 Å². The summed E-state index contributed by atoms with van der Waals surface area (Å²) in [7, 11) is 0. The number of allylic oxidation sites excluding steroid dienone is 2. The average Bonchev–Trinajstić information content (AvgIpc) is 2.82. The minimum atomic E-state index is -1.12. The summed E-state index contributed by atoms with van der Waals surface area (Å²) < 4.78 is -0.405. The van der Waals surface area contributed by atoms with Crippen molar-refractivity contribution in [3.63, 3.8) is 0 Å². The van der Waals surface area contributed by atoms with Gasteiger partial charge in [0.1, 0.15) is 0 Å². The summed E-state index contributed by atoms with van der Waals surface area (Å²) in [6, 6.07) is -3.18. The zero-order valence-electron chi connectivity index (χ0n) is 23.4. The van der Waals surface area contributed by atoms with Crippen molar-refractivity contribution in [2.45, 2.75) is 149 Å². The molecular formula is C29H54NO6+. The Hall–Kier alpha value is -1.89. The smallest absolute Gasteiger partial charge is 0.362 e. The molecule has 0 amide bonds. The van der Waals surface area contributed by atoms with Gasteiger partial charge < -0.3 is 15.3 Å². The van der Waals surface area contributed by atoms with Gasteiger partial charge in [0.05, 0.1) is 6.54 Å². The molecule has 0 aromatic rings. The topological polar surface area (TPSA) is 112 Å². The Bertz CT molecular complexity index is 593. The van der Waals surface area contributed by atoms with Crippen LogP contribution in [0.4, 0.5) is 0 Å². The van der Waals surface area contributed by atoms with Crippen molar-refractivity contribution in [3.8, 4) is 0 Å². The Morgan fingerprint density at radius 2 is 0.889 bits per heavy atom. The Labute approximate surface area is 219 Å². The van der Waals surface area contributed by atoms with E-state index in [0.717, 1.165) is 25.7 Å². The van der Waals surface area contributed by atoms with Gasteiger partial charge in [-0.3, -0.25) is 4.48 Å². The first-order valence-corrected chi connectivity index (χ1v) is 14.4. The highest BCUT2D eigenvalue weighted by atomic mass is 16.4. The molecule has 7 nitrogen and oxygen atoms in total. The van der Waals surface area contributed by atoms with Crippen molar-refractivity contribution in [3.05, 3.63) is 12.2 Å². The predicted octanol–water partition coefficient (Wildman–Crippen LogP) is 7.04. The van der Waals surface area contributed by atoms with Gasteiger partial charge in [-0.2, -0.15) is 0 Å². The maximum absolute atomic E-state index is 12.2. The summed E-state index contributed by atoms with van der Waals surface area (Å²) in [4.78, 5) is 36.7. The van der Waals surface area contributed by atoms with E-state index in [1.807, 2.05) is 0 Å². The number of carboxylic acid groups (broad SMARTS) is 3. The number of aliphatic carboxylic acids is 3. The summed E-state index contributed by atoms with van der Waals surface area (Å²) >= 11 is 0. The molecule has 0 fully saturated rings. The molecule has 0 aliphatic carbocycles. The molecular weight excluding hydrogens is 458 g/mol. The Morgan fingerprint density at radius 1 is 0.556 bits per heavy atom. The van der Waals surface area contributed by atoms with Crippen molar-refractivity contribution >= 4 is 17.9 Å². The molecule has 7 heteroatoms. The summed E-state index contributed by atoms with van der Waals surface area (Å²) in [5, 5.41) is 29.9. The van der Waals surface area contributed by atoms with Crippen LogP contribution in [-0.4, -0.2) is 62.4 Å². The normalized spacial score (nSPS) is 15.9. The van der Waals surface area contributed by atoms with Crippen LogP contribution in [0.25, 0.3) is 0 Å². The van der Waals surface area contributed by atoms with Crippen LogP contribution in [0, 0.1) is 0 Å². The number of rotatable bonds is 24. The fourth-order valence-corrected chi connectivity index (χ4v) is 5.80. The third-order valence-corrected chi connectivity index (χ3v) is 7.57. The van der Waals surface area contributed by atoms with Crippen LogP contribution in [0.2, 0.25) is 0 Å². The number of hydrogen-bond donors (Lipinski definition) is 3. The molecule has 0 aromatic carbocycles. The Morgan fingerprint density at radius 3 is 1.19 bits per heavy atom. The maximum Gasteiger partial charge on any atom is 0.362 e. The van der Waals surface area contributed by atoms with Gasteiger partial charge in [-0.05, 0) is 32.1 Å². The van der Waals surface area contributed by atoms with E-state index in [9.17, 15) is 29.7 Å². The van der Waals surface area contributed by atoms with E-state index in [2.05, 4.69) is 19.1 Å². The van der Waals surface area contributed by atoms with Crippen LogP contribution in [0.15, 0.2) is 12.2 Å². The van der Waals surface area contributed by atoms with E-state index in [1.54, 1.807) is 20.8 Å². The first kappa shape index (κ1) is 34.1. The molecule has 3 unspecified atom stereocenters. The molecule has 0 spiro atoms. The van der Waals surface area contributed by atoms with Crippen LogP contribution in [0.5, 0.6) is 0 Å². The molecule has 0 aliphatic heterocycles. The molecule has 0 radical (unpaired) electrons. The van der Waals surface area contributed by atoms with E-state index in [1.165, 1.54) is 51.4 Å². The highest BCUT2D eigenvalue weighted by molar-refractivity contribution is 5.78. The summed E-state index contributed by atoms with van der Waals surface area (Å²) in [6.45, 7) is 7.54. The van der Waals surface area contributed by atoms with Gasteiger partial charge in [-0.15, -0.1) is 0 Å². The fourth-order valence-electron chi connectivity index (χ4n) is 5.80. The number of unbranched alkanes of at least 4 members (excludes halogenated alkanes) is 11. The lowest BCUT2D eigenvalue weighted by Gasteiger charge is -2.49. The number of carboxylic acids is 3. The lowest BCUT2D eigenvalue weighted by molar-refractivity contribution is -0.973.